The van der Waals surface area contributed by atoms with Gasteiger partial charge in [-0.2, -0.15) is 0 Å². The van der Waals surface area contributed by atoms with Gasteiger partial charge in [0, 0.05) is 6.08 Å². The molecule has 7 heteroatoms. The highest BCUT2D eigenvalue weighted by Crippen LogP contribution is 2.46. The molecule has 0 aliphatic carbocycles. The second kappa shape index (κ2) is 7.09. The fraction of sp³-hybridized carbons (Fsp3) is 0.250. The molecule has 6 nitrogen and oxygen atoms in total. The van der Waals surface area contributed by atoms with E-state index in [1.807, 2.05) is 0 Å². The fourth-order valence-electron chi connectivity index (χ4n) is 1.20. The monoisotopic (exact) mass is 286 g/mol. The maximum absolute atomic E-state index is 11.5. The Morgan fingerprint density at radius 3 is 2.58 bits per heavy atom. The quantitative estimate of drug-likeness (QED) is 0.375. The Kier molecular flexibility index (Phi) is 5.76. The second-order valence-electron chi connectivity index (χ2n) is 3.35. The summed E-state index contributed by atoms with van der Waals surface area (Å²) in [7, 11) is -4.21. The molecule has 0 fully saturated rings. The molecule has 0 aromatic heterocycles. The molecule has 1 aromatic rings. The molecule has 19 heavy (non-hydrogen) atoms. The number of rotatable bonds is 6. The van der Waals surface area contributed by atoms with Crippen LogP contribution in [0.1, 0.15) is 13.8 Å². The van der Waals surface area contributed by atoms with Crippen LogP contribution in [0, 0.1) is 0 Å². The van der Waals surface area contributed by atoms with Gasteiger partial charge in [0.15, 0.2) is 11.5 Å². The molecule has 104 valence electrons. The smallest absolute Gasteiger partial charge is 0.419 e. The third-order valence-corrected chi connectivity index (χ3v) is 2.88. The Hall–Kier alpha value is -1.62. The van der Waals surface area contributed by atoms with Crippen LogP contribution in [0.15, 0.2) is 36.4 Å². The average Bonchev–Trinajstić information content (AvgIpc) is 2.31. The van der Waals surface area contributed by atoms with E-state index in [1.54, 1.807) is 26.0 Å². The number of phosphoric ester groups is 1. The summed E-state index contributed by atoms with van der Waals surface area (Å²) >= 11 is 0. The Bertz CT molecular complexity index is 511. The first-order valence-corrected chi connectivity index (χ1v) is 7.08. The van der Waals surface area contributed by atoms with Gasteiger partial charge in [0.1, 0.15) is 0 Å². The van der Waals surface area contributed by atoms with E-state index in [1.165, 1.54) is 24.3 Å². The molecule has 0 saturated carbocycles. The van der Waals surface area contributed by atoms with Crippen molar-refractivity contribution in [1.82, 2.24) is 0 Å². The van der Waals surface area contributed by atoms with Gasteiger partial charge in [-0.25, -0.2) is 9.36 Å². The van der Waals surface area contributed by atoms with Crippen LogP contribution in [-0.2, 0) is 13.9 Å². The normalized spacial score (nSPS) is 14.1. The van der Waals surface area contributed by atoms with E-state index >= 15 is 0 Å². The number of esters is 1. The number of benzene rings is 1. The van der Waals surface area contributed by atoms with Gasteiger partial charge in [-0.3, -0.25) is 9.42 Å². The molecular formula is C12H15O6P. The van der Waals surface area contributed by atoms with Crippen LogP contribution in [0.2, 0.25) is 0 Å². The van der Waals surface area contributed by atoms with Crippen molar-refractivity contribution in [3.63, 3.8) is 0 Å². The Morgan fingerprint density at radius 2 is 2.00 bits per heavy atom. The molecule has 0 radical (unpaired) electrons. The first kappa shape index (κ1) is 15.4. The predicted molar refractivity (Wildman–Crippen MR) is 69.0 cm³/mol. The van der Waals surface area contributed by atoms with E-state index in [2.05, 4.69) is 4.52 Å². The number of ether oxygens (including phenoxy) is 1. The van der Waals surface area contributed by atoms with Crippen LogP contribution in [0.4, 0.5) is 0 Å². The van der Waals surface area contributed by atoms with Crippen molar-refractivity contribution in [1.29, 1.82) is 0 Å². The van der Waals surface area contributed by atoms with Crippen molar-refractivity contribution in [2.24, 2.45) is 0 Å². The summed E-state index contributed by atoms with van der Waals surface area (Å²) in [5.41, 5.74) is 0. The lowest BCUT2D eigenvalue weighted by atomic mass is 10.3. The third-order valence-electron chi connectivity index (χ3n) is 1.87. The molecule has 0 heterocycles. The number of hydrogen-bond acceptors (Lipinski definition) is 5. The topological polar surface area (TPSA) is 82.1 Å². The van der Waals surface area contributed by atoms with E-state index in [-0.39, 0.29) is 18.1 Å². The minimum Gasteiger partial charge on any atom is -0.419 e. The zero-order valence-electron chi connectivity index (χ0n) is 10.6. The number of carbonyl (C=O) groups is 1. The summed E-state index contributed by atoms with van der Waals surface area (Å²) in [5, 5.41) is 0. The maximum Gasteiger partial charge on any atom is 0.527 e. The molecule has 0 amide bonds. The Balaban J connectivity index is 2.90. The zero-order valence-corrected chi connectivity index (χ0v) is 11.5. The average molecular weight is 286 g/mol. The van der Waals surface area contributed by atoms with E-state index in [0.717, 1.165) is 0 Å². The summed E-state index contributed by atoms with van der Waals surface area (Å²) in [4.78, 5) is 20.7. The minimum atomic E-state index is -4.21. The zero-order chi connectivity index (χ0) is 14.3. The van der Waals surface area contributed by atoms with E-state index in [0.29, 0.717) is 0 Å². The van der Waals surface area contributed by atoms with Gasteiger partial charge in [0.05, 0.1) is 6.61 Å². The molecule has 1 rings (SSSR count). The predicted octanol–water partition coefficient (Wildman–Crippen LogP) is 2.68. The van der Waals surface area contributed by atoms with Gasteiger partial charge >= 0.3 is 13.8 Å². The summed E-state index contributed by atoms with van der Waals surface area (Å²) < 4.78 is 25.9. The van der Waals surface area contributed by atoms with Crippen molar-refractivity contribution in [3.05, 3.63) is 36.4 Å². The molecule has 1 unspecified atom stereocenters. The number of carbonyl (C=O) groups excluding carboxylic acids is 1. The van der Waals surface area contributed by atoms with E-state index in [4.69, 9.17) is 9.26 Å². The van der Waals surface area contributed by atoms with Crippen molar-refractivity contribution in [2.75, 3.05) is 6.61 Å². The summed E-state index contributed by atoms with van der Waals surface area (Å²) in [6, 6.07) is 6.03. The molecule has 0 saturated heterocycles. The molecular weight excluding hydrogens is 271 g/mol. The largest absolute Gasteiger partial charge is 0.527 e. The minimum absolute atomic E-state index is 0.0221. The maximum atomic E-state index is 11.5. The summed E-state index contributed by atoms with van der Waals surface area (Å²) in [6.45, 7) is 3.25. The second-order valence-corrected chi connectivity index (χ2v) is 4.72. The molecule has 0 bridgehead atoms. The van der Waals surface area contributed by atoms with Gasteiger partial charge in [0.25, 0.3) is 0 Å². The van der Waals surface area contributed by atoms with Gasteiger partial charge in [0.2, 0.25) is 0 Å². The standard InChI is InChI=1S/C12H15O6P/c1-3-7-12(13)17-10-8-5-6-9-11(10)18-19(14,15)16-4-2/h3,5-9H,4H2,1-2H3,(H,14,15). The number of allylic oxidation sites excluding steroid dienone is 1. The number of para-hydroxylation sites is 2. The van der Waals surface area contributed by atoms with Gasteiger partial charge in [-0.1, -0.05) is 18.2 Å². The lowest BCUT2D eigenvalue weighted by Gasteiger charge is -2.14. The highest BCUT2D eigenvalue weighted by molar-refractivity contribution is 7.47. The first-order chi connectivity index (χ1) is 8.98. The van der Waals surface area contributed by atoms with Gasteiger partial charge < -0.3 is 9.26 Å². The Labute approximate surface area is 111 Å². The van der Waals surface area contributed by atoms with Crippen LogP contribution in [0.25, 0.3) is 0 Å². The molecule has 1 N–H and O–H groups in total. The molecule has 1 aromatic carbocycles. The number of hydrogen-bond donors (Lipinski definition) is 1. The van der Waals surface area contributed by atoms with Crippen molar-refractivity contribution in [2.45, 2.75) is 13.8 Å². The van der Waals surface area contributed by atoms with Gasteiger partial charge in [-0.15, -0.1) is 0 Å². The highest BCUT2D eigenvalue weighted by atomic mass is 31.2. The first-order valence-electron chi connectivity index (χ1n) is 5.59. The van der Waals surface area contributed by atoms with Gasteiger partial charge in [-0.05, 0) is 26.0 Å². The van der Waals surface area contributed by atoms with Crippen LogP contribution in [-0.4, -0.2) is 17.5 Å². The van der Waals surface area contributed by atoms with Crippen molar-refractivity contribution in [3.8, 4) is 11.5 Å². The molecule has 0 aliphatic heterocycles. The molecule has 0 spiro atoms. The lowest BCUT2D eigenvalue weighted by Crippen LogP contribution is -2.05. The third kappa shape index (κ3) is 5.26. The van der Waals surface area contributed by atoms with Crippen molar-refractivity contribution < 1.29 is 28.0 Å². The molecule has 1 atom stereocenters. The van der Waals surface area contributed by atoms with Crippen LogP contribution in [0.5, 0.6) is 11.5 Å². The highest BCUT2D eigenvalue weighted by Gasteiger charge is 2.24. The lowest BCUT2D eigenvalue weighted by molar-refractivity contribution is -0.129. The van der Waals surface area contributed by atoms with Crippen LogP contribution >= 0.6 is 7.82 Å². The SMILES string of the molecule is CC=CC(=O)Oc1ccccc1OP(=O)(O)OCC. The van der Waals surface area contributed by atoms with Crippen LogP contribution in [0.3, 0.4) is 0 Å². The summed E-state index contributed by atoms with van der Waals surface area (Å²) in [5.74, 6) is -0.609. The van der Waals surface area contributed by atoms with Crippen molar-refractivity contribution >= 4 is 13.8 Å². The Morgan fingerprint density at radius 1 is 1.37 bits per heavy atom. The number of phosphoric acid groups is 1. The van der Waals surface area contributed by atoms with E-state index < -0.39 is 13.8 Å². The molecule has 0 aliphatic rings. The summed E-state index contributed by atoms with van der Waals surface area (Å²) in [6.07, 6.45) is 2.74. The van der Waals surface area contributed by atoms with E-state index in [9.17, 15) is 14.3 Å². The fourth-order valence-corrected chi connectivity index (χ4v) is 1.98. The van der Waals surface area contributed by atoms with Crippen LogP contribution < -0.4 is 9.26 Å².